The molecule has 1 saturated carbocycles. The Labute approximate surface area is 105 Å². The summed E-state index contributed by atoms with van der Waals surface area (Å²) in [7, 11) is 0. The highest BCUT2D eigenvalue weighted by Crippen LogP contribution is 2.32. The second-order valence-corrected chi connectivity index (χ2v) is 4.35. The van der Waals surface area contributed by atoms with Crippen LogP contribution in [0.3, 0.4) is 0 Å². The van der Waals surface area contributed by atoms with Crippen LogP contribution in [0.4, 0.5) is 10.1 Å². The van der Waals surface area contributed by atoms with Gasteiger partial charge in [-0.25, -0.2) is 4.39 Å². The third-order valence-corrected chi connectivity index (χ3v) is 2.73. The summed E-state index contributed by atoms with van der Waals surface area (Å²) in [5.41, 5.74) is 0.650. The number of anilines is 1. The van der Waals surface area contributed by atoms with Crippen molar-refractivity contribution in [3.05, 3.63) is 29.6 Å². The minimum Gasteiger partial charge on any atom is -0.384 e. The average molecular weight is 247 g/mol. The number of amides is 1. The lowest BCUT2D eigenvalue weighted by Gasteiger charge is -2.05. The SMILES string of the molecule is O=C(CC1CC1)Nc1ccc(C#CCO)c(F)c1. The van der Waals surface area contributed by atoms with Crippen LogP contribution in [0, 0.1) is 23.6 Å². The molecule has 0 aliphatic heterocycles. The third kappa shape index (κ3) is 3.57. The van der Waals surface area contributed by atoms with Gasteiger partial charge in [0, 0.05) is 12.1 Å². The highest BCUT2D eigenvalue weighted by atomic mass is 19.1. The van der Waals surface area contributed by atoms with Crippen LogP contribution in [0.25, 0.3) is 0 Å². The van der Waals surface area contributed by atoms with Crippen molar-refractivity contribution < 1.29 is 14.3 Å². The fourth-order valence-electron chi connectivity index (χ4n) is 1.63. The van der Waals surface area contributed by atoms with Gasteiger partial charge in [0.25, 0.3) is 0 Å². The summed E-state index contributed by atoms with van der Waals surface area (Å²) in [6, 6.07) is 4.34. The quantitative estimate of drug-likeness (QED) is 0.801. The summed E-state index contributed by atoms with van der Waals surface area (Å²) in [6.45, 7) is -0.306. The van der Waals surface area contributed by atoms with Crippen molar-refractivity contribution in [1.29, 1.82) is 0 Å². The van der Waals surface area contributed by atoms with Gasteiger partial charge in [0.15, 0.2) is 0 Å². The van der Waals surface area contributed by atoms with Crippen molar-refractivity contribution in [1.82, 2.24) is 0 Å². The number of aliphatic hydroxyl groups is 1. The van der Waals surface area contributed by atoms with Crippen LogP contribution in [-0.4, -0.2) is 17.6 Å². The fraction of sp³-hybridized carbons (Fsp3) is 0.357. The van der Waals surface area contributed by atoms with Crippen molar-refractivity contribution >= 4 is 11.6 Å². The second-order valence-electron chi connectivity index (χ2n) is 4.35. The van der Waals surface area contributed by atoms with E-state index in [9.17, 15) is 9.18 Å². The number of halogens is 1. The summed E-state index contributed by atoms with van der Waals surface area (Å²) in [4.78, 5) is 11.5. The molecule has 1 fully saturated rings. The predicted molar refractivity (Wildman–Crippen MR) is 66.3 cm³/mol. The van der Waals surface area contributed by atoms with E-state index in [0.29, 0.717) is 18.0 Å². The summed E-state index contributed by atoms with van der Waals surface area (Å²) in [5.74, 6) is 4.80. The zero-order valence-electron chi connectivity index (χ0n) is 9.87. The molecule has 1 aliphatic rings. The monoisotopic (exact) mass is 247 g/mol. The van der Waals surface area contributed by atoms with E-state index in [4.69, 9.17) is 5.11 Å². The zero-order chi connectivity index (χ0) is 13.0. The Morgan fingerprint density at radius 1 is 1.50 bits per heavy atom. The third-order valence-electron chi connectivity index (χ3n) is 2.73. The van der Waals surface area contributed by atoms with Crippen molar-refractivity contribution in [2.24, 2.45) is 5.92 Å². The van der Waals surface area contributed by atoms with Crippen molar-refractivity contribution in [3.63, 3.8) is 0 Å². The molecule has 0 aromatic heterocycles. The first-order valence-electron chi connectivity index (χ1n) is 5.88. The first-order chi connectivity index (χ1) is 8.69. The van der Waals surface area contributed by atoms with E-state index in [1.165, 1.54) is 12.1 Å². The standard InChI is InChI=1S/C14H14FNO2/c15-13-9-12(6-5-11(13)2-1-7-17)16-14(18)8-10-3-4-10/h5-6,9-10,17H,3-4,7-8H2,(H,16,18). The van der Waals surface area contributed by atoms with Gasteiger partial charge in [0.05, 0.1) is 5.56 Å². The lowest BCUT2D eigenvalue weighted by molar-refractivity contribution is -0.116. The smallest absolute Gasteiger partial charge is 0.224 e. The predicted octanol–water partition coefficient (Wildman–Crippen LogP) is 1.91. The molecule has 1 aromatic carbocycles. The first-order valence-corrected chi connectivity index (χ1v) is 5.88. The van der Waals surface area contributed by atoms with Gasteiger partial charge in [0.2, 0.25) is 5.91 Å². The number of hydrogen-bond donors (Lipinski definition) is 2. The van der Waals surface area contributed by atoms with Gasteiger partial charge in [-0.3, -0.25) is 4.79 Å². The minimum absolute atomic E-state index is 0.0777. The van der Waals surface area contributed by atoms with E-state index in [1.54, 1.807) is 6.07 Å². The fourth-order valence-corrected chi connectivity index (χ4v) is 1.63. The molecule has 1 aromatic rings. The molecule has 0 spiro atoms. The van der Waals surface area contributed by atoms with Crippen LogP contribution in [0.2, 0.25) is 0 Å². The normalized spacial score (nSPS) is 13.7. The van der Waals surface area contributed by atoms with Crippen molar-refractivity contribution in [2.45, 2.75) is 19.3 Å². The average Bonchev–Trinajstić information content (AvgIpc) is 3.12. The zero-order valence-corrected chi connectivity index (χ0v) is 9.87. The van der Waals surface area contributed by atoms with Gasteiger partial charge in [-0.2, -0.15) is 0 Å². The summed E-state index contributed by atoms with van der Waals surface area (Å²) >= 11 is 0. The molecule has 2 rings (SSSR count). The molecular weight excluding hydrogens is 233 g/mol. The Balaban J connectivity index is 2.01. The molecule has 1 aliphatic carbocycles. The molecule has 94 valence electrons. The molecule has 4 heteroatoms. The highest BCUT2D eigenvalue weighted by Gasteiger charge is 2.24. The Kier molecular flexibility index (Phi) is 3.96. The molecule has 3 nitrogen and oxygen atoms in total. The maximum absolute atomic E-state index is 13.6. The Bertz CT molecular complexity index is 512. The maximum atomic E-state index is 13.6. The van der Waals surface area contributed by atoms with Crippen LogP contribution >= 0.6 is 0 Å². The van der Waals surface area contributed by atoms with Crippen LogP contribution < -0.4 is 5.32 Å². The molecule has 0 heterocycles. The van der Waals surface area contributed by atoms with Crippen LogP contribution in [0.1, 0.15) is 24.8 Å². The maximum Gasteiger partial charge on any atom is 0.224 e. The molecular formula is C14H14FNO2. The van der Waals surface area contributed by atoms with Crippen LogP contribution in [0.5, 0.6) is 0 Å². The minimum atomic E-state index is -0.500. The number of aliphatic hydroxyl groups excluding tert-OH is 1. The molecule has 1 amide bonds. The molecule has 0 bridgehead atoms. The highest BCUT2D eigenvalue weighted by molar-refractivity contribution is 5.91. The van der Waals surface area contributed by atoms with E-state index in [1.807, 2.05) is 0 Å². The Hall–Kier alpha value is -1.86. The second kappa shape index (κ2) is 5.65. The van der Waals surface area contributed by atoms with Gasteiger partial charge in [-0.1, -0.05) is 11.8 Å². The summed E-state index contributed by atoms with van der Waals surface area (Å²) < 4.78 is 13.6. The van der Waals surface area contributed by atoms with E-state index in [0.717, 1.165) is 12.8 Å². The van der Waals surface area contributed by atoms with E-state index < -0.39 is 5.82 Å². The number of nitrogens with one attached hydrogen (secondary N) is 1. The molecule has 0 radical (unpaired) electrons. The molecule has 0 saturated heterocycles. The number of benzene rings is 1. The number of carbonyl (C=O) groups excluding carboxylic acids is 1. The lowest BCUT2D eigenvalue weighted by atomic mass is 10.2. The van der Waals surface area contributed by atoms with Gasteiger partial charge in [-0.15, -0.1) is 0 Å². The topological polar surface area (TPSA) is 49.3 Å². The Morgan fingerprint density at radius 3 is 2.89 bits per heavy atom. The molecule has 0 unspecified atom stereocenters. The summed E-state index contributed by atoms with van der Waals surface area (Å²) in [6.07, 6.45) is 2.72. The van der Waals surface area contributed by atoms with E-state index in [-0.39, 0.29) is 18.1 Å². The number of rotatable bonds is 3. The first kappa shape index (κ1) is 12.6. The molecule has 18 heavy (non-hydrogen) atoms. The van der Waals surface area contributed by atoms with E-state index >= 15 is 0 Å². The van der Waals surface area contributed by atoms with Gasteiger partial charge >= 0.3 is 0 Å². The Morgan fingerprint density at radius 2 is 2.28 bits per heavy atom. The van der Waals surface area contributed by atoms with Crippen LogP contribution in [-0.2, 0) is 4.79 Å². The van der Waals surface area contributed by atoms with Gasteiger partial charge in [-0.05, 0) is 37.0 Å². The van der Waals surface area contributed by atoms with Crippen molar-refractivity contribution in [3.8, 4) is 11.8 Å². The lowest BCUT2D eigenvalue weighted by Crippen LogP contribution is -2.12. The molecule has 2 N–H and O–H groups in total. The molecule has 0 atom stereocenters. The van der Waals surface area contributed by atoms with Gasteiger partial charge < -0.3 is 10.4 Å². The largest absolute Gasteiger partial charge is 0.384 e. The van der Waals surface area contributed by atoms with Gasteiger partial charge in [0.1, 0.15) is 12.4 Å². The van der Waals surface area contributed by atoms with Crippen LogP contribution in [0.15, 0.2) is 18.2 Å². The van der Waals surface area contributed by atoms with E-state index in [2.05, 4.69) is 17.2 Å². The van der Waals surface area contributed by atoms with Crippen molar-refractivity contribution in [2.75, 3.05) is 11.9 Å². The summed E-state index contributed by atoms with van der Waals surface area (Å²) in [5, 5.41) is 11.2. The number of carbonyl (C=O) groups is 1. The number of hydrogen-bond acceptors (Lipinski definition) is 2.